The van der Waals surface area contributed by atoms with Gasteiger partial charge in [0.15, 0.2) is 11.4 Å². The number of ketones is 1. The van der Waals surface area contributed by atoms with E-state index in [9.17, 15) is 14.7 Å². The van der Waals surface area contributed by atoms with E-state index in [1.165, 1.54) is 0 Å². The van der Waals surface area contributed by atoms with Crippen molar-refractivity contribution in [2.75, 3.05) is 4.90 Å². The Bertz CT molecular complexity index is 1160. The van der Waals surface area contributed by atoms with Crippen LogP contribution < -0.4 is 4.90 Å². The number of amides is 1. The fraction of sp³-hybridized carbons (Fsp3) is 0.200. The second kappa shape index (κ2) is 7.82. The molecule has 1 atom stereocenters. The lowest BCUT2D eigenvalue weighted by molar-refractivity contribution is -0.136. The van der Waals surface area contributed by atoms with Crippen LogP contribution in [-0.2, 0) is 16.9 Å². The molecule has 4 rings (SSSR count). The van der Waals surface area contributed by atoms with Gasteiger partial charge in [-0.15, -0.1) is 0 Å². The molecule has 1 amide bonds. The van der Waals surface area contributed by atoms with Crippen molar-refractivity contribution in [2.24, 2.45) is 0 Å². The summed E-state index contributed by atoms with van der Waals surface area (Å²) < 4.78 is 0.773. The van der Waals surface area contributed by atoms with Crippen LogP contribution in [0.5, 0.6) is 0 Å². The molecule has 0 bridgehead atoms. The fourth-order valence-electron chi connectivity index (χ4n) is 3.97. The number of fused-ring (bicyclic) bond motifs is 1. The zero-order valence-corrected chi connectivity index (χ0v) is 18.4. The Balaban J connectivity index is 1.70. The van der Waals surface area contributed by atoms with E-state index in [0.29, 0.717) is 23.4 Å². The summed E-state index contributed by atoms with van der Waals surface area (Å²) in [5.74, 6) is -0.747. The number of benzene rings is 3. The number of carbonyl (C=O) groups is 2. The number of nitrogens with zero attached hydrogens (tertiary/aromatic N) is 1. The largest absolute Gasteiger partial charge is 0.375 e. The summed E-state index contributed by atoms with van der Waals surface area (Å²) in [6, 6.07) is 20.3. The summed E-state index contributed by atoms with van der Waals surface area (Å²) in [5.41, 5.74) is 2.89. The number of aliphatic hydroxyl groups is 1. The molecule has 1 aliphatic heterocycles. The maximum absolute atomic E-state index is 13.4. The molecule has 5 heteroatoms. The van der Waals surface area contributed by atoms with Gasteiger partial charge in [-0.25, -0.2) is 0 Å². The second-order valence-electron chi connectivity index (χ2n) is 7.81. The monoisotopic (exact) mass is 463 g/mol. The number of hydrogen-bond donors (Lipinski definition) is 1. The standard InChI is InChI=1S/C25H22BrNO3/c1-16-10-11-17(2)19(12-16)15-27-22-9-4-3-8-21(22)25(30,24(27)29)14-23(28)18-6-5-7-20(26)13-18/h3-13,30H,14-15H2,1-2H3/t25-/m1/s1. The van der Waals surface area contributed by atoms with Crippen molar-refractivity contribution in [1.82, 2.24) is 0 Å². The number of halogens is 1. The molecule has 0 saturated carbocycles. The van der Waals surface area contributed by atoms with E-state index in [1.807, 2.05) is 44.2 Å². The van der Waals surface area contributed by atoms with E-state index >= 15 is 0 Å². The SMILES string of the molecule is Cc1ccc(C)c(CN2C(=O)[C@@](O)(CC(=O)c3cccc(Br)c3)c3ccccc32)c1. The summed E-state index contributed by atoms with van der Waals surface area (Å²) >= 11 is 3.36. The first-order chi connectivity index (χ1) is 14.3. The summed E-state index contributed by atoms with van der Waals surface area (Å²) in [5, 5.41) is 11.5. The third kappa shape index (κ3) is 3.59. The zero-order valence-electron chi connectivity index (χ0n) is 16.9. The summed E-state index contributed by atoms with van der Waals surface area (Å²) in [6.07, 6.45) is -0.303. The molecule has 0 unspecified atom stereocenters. The molecule has 1 heterocycles. The molecule has 3 aromatic rings. The highest BCUT2D eigenvalue weighted by Gasteiger charge is 2.50. The zero-order chi connectivity index (χ0) is 21.5. The number of para-hydroxylation sites is 1. The lowest BCUT2D eigenvalue weighted by Gasteiger charge is -2.23. The number of Topliss-reactive ketones (excluding diaryl/α,β-unsaturated/α-hetero) is 1. The number of rotatable bonds is 5. The Morgan fingerprint density at radius 1 is 1.03 bits per heavy atom. The van der Waals surface area contributed by atoms with Gasteiger partial charge in [0.2, 0.25) is 0 Å². The van der Waals surface area contributed by atoms with Gasteiger partial charge in [0, 0.05) is 15.6 Å². The van der Waals surface area contributed by atoms with Crippen LogP contribution >= 0.6 is 15.9 Å². The van der Waals surface area contributed by atoms with Crippen LogP contribution in [0, 0.1) is 13.8 Å². The number of aryl methyl sites for hydroxylation is 2. The topological polar surface area (TPSA) is 57.6 Å². The molecule has 1 N–H and O–H groups in total. The average molecular weight is 464 g/mol. The molecule has 3 aromatic carbocycles. The summed E-state index contributed by atoms with van der Waals surface area (Å²) in [6.45, 7) is 4.36. The maximum Gasteiger partial charge on any atom is 0.264 e. The Morgan fingerprint density at radius 3 is 2.57 bits per heavy atom. The van der Waals surface area contributed by atoms with Crippen LogP contribution in [0.25, 0.3) is 0 Å². The first-order valence-corrected chi connectivity index (χ1v) is 10.6. The second-order valence-corrected chi connectivity index (χ2v) is 8.72. The quantitative estimate of drug-likeness (QED) is 0.537. The normalized spacial score (nSPS) is 17.9. The third-order valence-electron chi connectivity index (χ3n) is 5.64. The molecule has 4 nitrogen and oxygen atoms in total. The molecular formula is C25H22BrNO3. The van der Waals surface area contributed by atoms with Crippen LogP contribution in [0.3, 0.4) is 0 Å². The molecule has 0 spiro atoms. The highest BCUT2D eigenvalue weighted by Crippen LogP contribution is 2.43. The predicted molar refractivity (Wildman–Crippen MR) is 121 cm³/mol. The molecule has 1 aliphatic rings. The lowest BCUT2D eigenvalue weighted by Crippen LogP contribution is -2.41. The van der Waals surface area contributed by atoms with Crippen LogP contribution in [0.4, 0.5) is 5.69 Å². The van der Waals surface area contributed by atoms with Gasteiger partial charge in [0.25, 0.3) is 5.91 Å². The highest BCUT2D eigenvalue weighted by molar-refractivity contribution is 9.10. The molecule has 0 saturated heterocycles. The van der Waals surface area contributed by atoms with E-state index in [0.717, 1.165) is 21.2 Å². The van der Waals surface area contributed by atoms with Gasteiger partial charge in [-0.05, 0) is 43.2 Å². The lowest BCUT2D eigenvalue weighted by atomic mass is 9.88. The van der Waals surface area contributed by atoms with Gasteiger partial charge in [-0.3, -0.25) is 9.59 Å². The molecule has 0 radical (unpaired) electrons. The van der Waals surface area contributed by atoms with Crippen molar-refractivity contribution < 1.29 is 14.7 Å². The minimum Gasteiger partial charge on any atom is -0.375 e. The van der Waals surface area contributed by atoms with Gasteiger partial charge in [-0.2, -0.15) is 0 Å². The van der Waals surface area contributed by atoms with Crippen molar-refractivity contribution in [1.29, 1.82) is 0 Å². The van der Waals surface area contributed by atoms with E-state index < -0.39 is 11.5 Å². The van der Waals surface area contributed by atoms with Crippen molar-refractivity contribution in [3.05, 3.63) is 99.0 Å². The number of carbonyl (C=O) groups excluding carboxylic acids is 2. The van der Waals surface area contributed by atoms with Crippen molar-refractivity contribution in [2.45, 2.75) is 32.4 Å². The summed E-state index contributed by atoms with van der Waals surface area (Å²) in [7, 11) is 0. The smallest absolute Gasteiger partial charge is 0.264 e. The number of anilines is 1. The minimum absolute atomic E-state index is 0.282. The average Bonchev–Trinajstić information content (AvgIpc) is 2.93. The van der Waals surface area contributed by atoms with Gasteiger partial charge in [0.05, 0.1) is 18.7 Å². The van der Waals surface area contributed by atoms with Gasteiger partial charge >= 0.3 is 0 Å². The Kier molecular flexibility index (Phi) is 5.35. The van der Waals surface area contributed by atoms with E-state index in [1.54, 1.807) is 35.2 Å². The Labute approximate surface area is 184 Å². The summed E-state index contributed by atoms with van der Waals surface area (Å²) in [4.78, 5) is 27.9. The first-order valence-electron chi connectivity index (χ1n) is 9.78. The molecule has 0 aliphatic carbocycles. The van der Waals surface area contributed by atoms with Crippen LogP contribution in [-0.4, -0.2) is 16.8 Å². The van der Waals surface area contributed by atoms with Crippen molar-refractivity contribution in [3.8, 4) is 0 Å². The minimum atomic E-state index is -1.88. The third-order valence-corrected chi connectivity index (χ3v) is 6.13. The van der Waals surface area contributed by atoms with Gasteiger partial charge in [0.1, 0.15) is 0 Å². The molecule has 152 valence electrons. The Morgan fingerprint density at radius 2 is 1.80 bits per heavy atom. The van der Waals surface area contributed by atoms with Crippen molar-refractivity contribution in [3.63, 3.8) is 0 Å². The highest BCUT2D eigenvalue weighted by atomic mass is 79.9. The first kappa shape index (κ1) is 20.5. The predicted octanol–water partition coefficient (Wildman–Crippen LogP) is 5.07. The number of hydrogen-bond acceptors (Lipinski definition) is 3. The van der Waals surface area contributed by atoms with Crippen molar-refractivity contribution >= 4 is 33.3 Å². The molecule has 0 aromatic heterocycles. The van der Waals surface area contributed by atoms with E-state index in [4.69, 9.17) is 0 Å². The van der Waals surface area contributed by atoms with Crippen LogP contribution in [0.1, 0.15) is 39.0 Å². The van der Waals surface area contributed by atoms with E-state index in [-0.39, 0.29) is 12.2 Å². The molecular weight excluding hydrogens is 442 g/mol. The van der Waals surface area contributed by atoms with Gasteiger partial charge in [-0.1, -0.05) is 70.0 Å². The molecule has 0 fully saturated rings. The van der Waals surface area contributed by atoms with Crippen LogP contribution in [0.15, 0.2) is 71.2 Å². The Hall–Kier alpha value is -2.76. The van der Waals surface area contributed by atoms with Crippen LogP contribution in [0.2, 0.25) is 0 Å². The fourth-order valence-corrected chi connectivity index (χ4v) is 4.37. The van der Waals surface area contributed by atoms with E-state index in [2.05, 4.69) is 22.0 Å². The molecule has 30 heavy (non-hydrogen) atoms. The maximum atomic E-state index is 13.4. The van der Waals surface area contributed by atoms with Gasteiger partial charge < -0.3 is 10.0 Å².